The Kier molecular flexibility index (Phi) is 5.76. The zero-order chi connectivity index (χ0) is 19.3. The molecule has 1 aliphatic heterocycles. The first-order chi connectivity index (χ1) is 13.7. The lowest BCUT2D eigenvalue weighted by atomic mass is 10.2. The van der Waals surface area contributed by atoms with Gasteiger partial charge in [0.05, 0.1) is 17.0 Å². The van der Waals surface area contributed by atoms with Crippen molar-refractivity contribution in [2.24, 2.45) is 0 Å². The largest absolute Gasteiger partial charge is 0.461 e. The number of nitrogens with zero attached hydrogens (tertiary/aromatic N) is 1. The second-order valence-electron chi connectivity index (χ2n) is 7.04. The molecule has 146 valence electrons. The lowest BCUT2D eigenvalue weighted by Crippen LogP contribution is -3.28. The van der Waals surface area contributed by atoms with Crippen LogP contribution in [0, 0.1) is 0 Å². The molecule has 7 nitrogen and oxygen atoms in total. The second kappa shape index (κ2) is 8.60. The Balaban J connectivity index is 1.23. The average Bonchev–Trinajstić information content (AvgIpc) is 3.37. The van der Waals surface area contributed by atoms with Crippen LogP contribution in [0.1, 0.15) is 5.69 Å². The van der Waals surface area contributed by atoms with Crippen molar-refractivity contribution in [3.05, 3.63) is 59.4 Å². The van der Waals surface area contributed by atoms with Gasteiger partial charge in [0.1, 0.15) is 38.4 Å². The maximum Gasteiger partial charge on any atom is 0.279 e. The highest BCUT2D eigenvalue weighted by atomic mass is 35.5. The van der Waals surface area contributed by atoms with Crippen LogP contribution in [0.25, 0.3) is 11.5 Å². The van der Waals surface area contributed by atoms with Crippen molar-refractivity contribution < 1.29 is 23.5 Å². The van der Waals surface area contributed by atoms with E-state index >= 15 is 0 Å². The predicted molar refractivity (Wildman–Crippen MR) is 104 cm³/mol. The molecule has 4 rings (SSSR count). The summed E-state index contributed by atoms with van der Waals surface area (Å²) in [5, 5.41) is 7.60. The van der Waals surface area contributed by atoms with Gasteiger partial charge in [0.25, 0.3) is 5.91 Å². The van der Waals surface area contributed by atoms with E-state index < -0.39 is 0 Å². The third-order valence-electron chi connectivity index (χ3n) is 4.98. The highest BCUT2D eigenvalue weighted by molar-refractivity contribution is 6.33. The van der Waals surface area contributed by atoms with Crippen molar-refractivity contribution in [2.45, 2.75) is 6.54 Å². The molecular weight excluding hydrogens is 380 g/mol. The molecular formula is C20H23ClN4O3+2. The van der Waals surface area contributed by atoms with Gasteiger partial charge in [-0.15, -0.1) is 0 Å². The van der Waals surface area contributed by atoms with Crippen molar-refractivity contribution >= 4 is 23.2 Å². The number of aromatic nitrogens is 1. The molecule has 1 fully saturated rings. The zero-order valence-corrected chi connectivity index (χ0v) is 16.2. The highest BCUT2D eigenvalue weighted by Crippen LogP contribution is 2.20. The predicted octanol–water partition coefficient (Wildman–Crippen LogP) is 0.510. The molecule has 0 bridgehead atoms. The second-order valence-corrected chi connectivity index (χ2v) is 7.45. The lowest BCUT2D eigenvalue weighted by molar-refractivity contribution is -1.02. The summed E-state index contributed by atoms with van der Waals surface area (Å²) in [4.78, 5) is 15.0. The number of hydrogen-bond donors (Lipinski definition) is 3. The summed E-state index contributed by atoms with van der Waals surface area (Å²) >= 11 is 6.10. The Labute approximate surface area is 167 Å². The molecule has 0 atom stereocenters. The van der Waals surface area contributed by atoms with E-state index in [1.807, 2.05) is 36.4 Å². The topological polar surface area (TPSA) is 77.2 Å². The maximum absolute atomic E-state index is 12.3. The minimum atomic E-state index is -0.00820. The number of anilines is 1. The van der Waals surface area contributed by atoms with E-state index in [9.17, 15) is 4.79 Å². The first kappa shape index (κ1) is 18.7. The van der Waals surface area contributed by atoms with Gasteiger partial charge in [-0.3, -0.25) is 4.79 Å². The van der Waals surface area contributed by atoms with Crippen LogP contribution in [0.5, 0.6) is 0 Å². The molecule has 3 heterocycles. The monoisotopic (exact) mass is 402 g/mol. The number of hydrogen-bond acceptors (Lipinski definition) is 4. The summed E-state index contributed by atoms with van der Waals surface area (Å²) in [6.07, 6.45) is 1.62. The minimum Gasteiger partial charge on any atom is -0.461 e. The molecule has 0 unspecified atom stereocenters. The Morgan fingerprint density at radius 3 is 2.61 bits per heavy atom. The number of nitrogens with one attached hydrogen (secondary N) is 3. The third-order valence-corrected chi connectivity index (χ3v) is 5.31. The number of carbonyl (C=O) groups excluding carboxylic acids is 1. The number of benzene rings is 1. The van der Waals surface area contributed by atoms with Crippen molar-refractivity contribution in [3.63, 3.8) is 0 Å². The molecule has 0 radical (unpaired) electrons. The summed E-state index contributed by atoms with van der Waals surface area (Å²) in [6.45, 7) is 5.10. The van der Waals surface area contributed by atoms with E-state index in [2.05, 4.69) is 10.5 Å². The Morgan fingerprint density at radius 2 is 1.86 bits per heavy atom. The van der Waals surface area contributed by atoms with E-state index in [-0.39, 0.29) is 5.91 Å². The number of amides is 1. The number of quaternary nitrogens is 2. The summed E-state index contributed by atoms with van der Waals surface area (Å²) in [5.41, 5.74) is 1.58. The van der Waals surface area contributed by atoms with Crippen LogP contribution >= 0.6 is 11.6 Å². The first-order valence-corrected chi connectivity index (χ1v) is 9.76. The molecule has 1 aromatic carbocycles. The number of piperazine rings is 1. The smallest absolute Gasteiger partial charge is 0.279 e. The van der Waals surface area contributed by atoms with Crippen molar-refractivity contribution in [2.75, 3.05) is 38.0 Å². The molecule has 0 saturated carbocycles. The van der Waals surface area contributed by atoms with Crippen LogP contribution < -0.4 is 15.1 Å². The van der Waals surface area contributed by atoms with Gasteiger partial charge in [0.15, 0.2) is 12.3 Å². The van der Waals surface area contributed by atoms with E-state index in [1.165, 1.54) is 9.80 Å². The molecule has 3 N–H and O–H groups in total. The van der Waals surface area contributed by atoms with Gasteiger partial charge in [-0.2, -0.15) is 0 Å². The van der Waals surface area contributed by atoms with Crippen LogP contribution in [-0.2, 0) is 11.3 Å². The van der Waals surface area contributed by atoms with Crippen LogP contribution in [-0.4, -0.2) is 43.8 Å². The molecule has 0 spiro atoms. The standard InChI is InChI=1S/C20H21ClN4O3/c21-16-4-1-2-5-17(16)22-20(26)14-25-9-7-24(8-10-25)13-15-12-19(28-23-15)18-6-3-11-27-18/h1-6,11-12H,7-10,13-14H2,(H,22,26)/p+2. The lowest BCUT2D eigenvalue weighted by Gasteiger charge is -2.28. The fraction of sp³-hybridized carbons (Fsp3) is 0.300. The fourth-order valence-electron chi connectivity index (χ4n) is 3.48. The van der Waals surface area contributed by atoms with Gasteiger partial charge in [0, 0.05) is 6.07 Å². The van der Waals surface area contributed by atoms with Crippen LogP contribution in [0.2, 0.25) is 5.02 Å². The van der Waals surface area contributed by atoms with E-state index in [1.54, 1.807) is 12.3 Å². The van der Waals surface area contributed by atoms with Gasteiger partial charge in [-0.1, -0.05) is 28.9 Å². The fourth-order valence-corrected chi connectivity index (χ4v) is 3.66. The summed E-state index contributed by atoms with van der Waals surface area (Å²) in [7, 11) is 0. The normalized spacial score (nSPS) is 19.5. The molecule has 3 aromatic rings. The van der Waals surface area contributed by atoms with E-state index in [0.29, 0.717) is 28.8 Å². The summed E-state index contributed by atoms with van der Waals surface area (Å²) in [5.74, 6) is 1.33. The first-order valence-electron chi connectivity index (χ1n) is 9.38. The van der Waals surface area contributed by atoms with E-state index in [4.69, 9.17) is 20.5 Å². The Bertz CT molecular complexity index is 917. The minimum absolute atomic E-state index is 0.00820. The number of carbonyl (C=O) groups is 1. The molecule has 1 saturated heterocycles. The molecule has 28 heavy (non-hydrogen) atoms. The third kappa shape index (κ3) is 4.62. The number of para-hydroxylation sites is 1. The molecule has 2 aromatic heterocycles. The van der Waals surface area contributed by atoms with Gasteiger partial charge in [-0.05, 0) is 24.3 Å². The molecule has 1 aliphatic rings. The summed E-state index contributed by atoms with van der Waals surface area (Å²) in [6, 6.07) is 12.9. The highest BCUT2D eigenvalue weighted by Gasteiger charge is 2.26. The van der Waals surface area contributed by atoms with Gasteiger partial charge in [-0.25, -0.2) is 0 Å². The Hall–Kier alpha value is -2.61. The van der Waals surface area contributed by atoms with Crippen molar-refractivity contribution in [1.82, 2.24) is 5.16 Å². The average molecular weight is 403 g/mol. The van der Waals surface area contributed by atoms with Gasteiger partial charge >= 0.3 is 0 Å². The van der Waals surface area contributed by atoms with Gasteiger partial charge in [0.2, 0.25) is 5.76 Å². The van der Waals surface area contributed by atoms with Gasteiger partial charge < -0.3 is 24.1 Å². The van der Waals surface area contributed by atoms with Crippen LogP contribution in [0.15, 0.2) is 57.7 Å². The molecule has 0 aliphatic carbocycles. The molecule has 1 amide bonds. The number of halogens is 1. The van der Waals surface area contributed by atoms with Crippen LogP contribution in [0.3, 0.4) is 0 Å². The number of rotatable bonds is 6. The number of furan rings is 1. The van der Waals surface area contributed by atoms with Crippen molar-refractivity contribution in [1.29, 1.82) is 0 Å². The summed E-state index contributed by atoms with van der Waals surface area (Å²) < 4.78 is 10.7. The van der Waals surface area contributed by atoms with E-state index in [0.717, 1.165) is 38.4 Å². The van der Waals surface area contributed by atoms with Crippen LogP contribution in [0.4, 0.5) is 5.69 Å². The Morgan fingerprint density at radius 1 is 1.07 bits per heavy atom. The SMILES string of the molecule is O=C(C[NH+]1CC[NH+](Cc2cc(-c3ccco3)on2)CC1)Nc1ccccc1Cl. The quantitative estimate of drug-likeness (QED) is 0.561. The molecule has 8 heteroatoms. The maximum atomic E-state index is 12.3. The zero-order valence-electron chi connectivity index (χ0n) is 15.4. The van der Waals surface area contributed by atoms with Crippen molar-refractivity contribution in [3.8, 4) is 11.5 Å².